The van der Waals surface area contributed by atoms with Crippen LogP contribution in [0, 0.1) is 17.7 Å². The minimum absolute atomic E-state index is 0.0452. The Kier molecular flexibility index (Phi) is 4.62. The Hall–Kier alpha value is -1.62. The summed E-state index contributed by atoms with van der Waals surface area (Å²) in [4.78, 5) is 14.4. The van der Waals surface area contributed by atoms with Gasteiger partial charge in [0.1, 0.15) is 0 Å². The van der Waals surface area contributed by atoms with Crippen molar-refractivity contribution in [2.75, 3.05) is 26.2 Å². The number of para-hydroxylation sites is 1. The molecule has 4 nitrogen and oxygen atoms in total. The molecule has 1 aromatic carbocycles. The van der Waals surface area contributed by atoms with Gasteiger partial charge in [0.15, 0.2) is 17.7 Å². The predicted octanol–water partition coefficient (Wildman–Crippen LogP) is 2.05. The van der Waals surface area contributed by atoms with Crippen LogP contribution in [-0.4, -0.2) is 43.1 Å². The highest BCUT2D eigenvalue weighted by Gasteiger charge is 2.33. The van der Waals surface area contributed by atoms with Crippen molar-refractivity contribution in [2.45, 2.75) is 25.9 Å². The molecule has 2 fully saturated rings. The van der Waals surface area contributed by atoms with Crippen molar-refractivity contribution in [3.05, 3.63) is 30.1 Å². The van der Waals surface area contributed by atoms with Crippen LogP contribution >= 0.6 is 0 Å². The summed E-state index contributed by atoms with van der Waals surface area (Å²) in [5.74, 6) is 1.02. The van der Waals surface area contributed by atoms with E-state index in [1.165, 1.54) is 6.07 Å². The van der Waals surface area contributed by atoms with Crippen LogP contribution in [-0.2, 0) is 4.79 Å². The van der Waals surface area contributed by atoms with E-state index >= 15 is 0 Å². The SMILES string of the molecule is CC(Oc1ccccc1F)C(=O)N1CC[C@@H]2CNC[C@@H]2CC1. The van der Waals surface area contributed by atoms with Gasteiger partial charge in [-0.3, -0.25) is 4.79 Å². The zero-order valence-electron chi connectivity index (χ0n) is 12.9. The summed E-state index contributed by atoms with van der Waals surface area (Å²) >= 11 is 0. The molecule has 2 heterocycles. The first-order valence-electron chi connectivity index (χ1n) is 8.06. The summed E-state index contributed by atoms with van der Waals surface area (Å²) in [6.45, 7) is 5.36. The monoisotopic (exact) mass is 306 g/mol. The minimum atomic E-state index is -0.659. The summed E-state index contributed by atoms with van der Waals surface area (Å²) in [6, 6.07) is 6.20. The first-order chi connectivity index (χ1) is 10.6. The molecule has 0 saturated carbocycles. The lowest BCUT2D eigenvalue weighted by Gasteiger charge is -2.25. The summed E-state index contributed by atoms with van der Waals surface area (Å²) < 4.78 is 19.1. The van der Waals surface area contributed by atoms with Gasteiger partial charge in [0.05, 0.1) is 0 Å². The van der Waals surface area contributed by atoms with Gasteiger partial charge in [0.25, 0.3) is 5.91 Å². The molecular formula is C17H23FN2O2. The fourth-order valence-corrected chi connectivity index (χ4v) is 3.48. The zero-order valence-corrected chi connectivity index (χ0v) is 12.9. The molecule has 3 rings (SSSR count). The maximum absolute atomic E-state index is 13.6. The average Bonchev–Trinajstić information content (AvgIpc) is 2.87. The molecule has 120 valence electrons. The van der Waals surface area contributed by atoms with Gasteiger partial charge in [-0.15, -0.1) is 0 Å². The highest BCUT2D eigenvalue weighted by atomic mass is 19.1. The van der Waals surface area contributed by atoms with Crippen LogP contribution in [0.3, 0.4) is 0 Å². The molecule has 0 aromatic heterocycles. The van der Waals surface area contributed by atoms with Crippen LogP contribution in [0.4, 0.5) is 4.39 Å². The Balaban J connectivity index is 1.60. The van der Waals surface area contributed by atoms with E-state index in [-0.39, 0.29) is 11.7 Å². The number of hydrogen-bond donors (Lipinski definition) is 1. The van der Waals surface area contributed by atoms with Gasteiger partial charge < -0.3 is 15.0 Å². The number of halogens is 1. The third kappa shape index (κ3) is 3.24. The smallest absolute Gasteiger partial charge is 0.263 e. The van der Waals surface area contributed by atoms with Crippen molar-refractivity contribution in [2.24, 2.45) is 11.8 Å². The van der Waals surface area contributed by atoms with Crippen LogP contribution in [0.2, 0.25) is 0 Å². The van der Waals surface area contributed by atoms with Crippen LogP contribution in [0.5, 0.6) is 5.75 Å². The van der Waals surface area contributed by atoms with E-state index in [0.717, 1.165) is 39.0 Å². The number of nitrogens with zero attached hydrogens (tertiary/aromatic N) is 1. The second-order valence-corrected chi connectivity index (χ2v) is 6.27. The lowest BCUT2D eigenvalue weighted by molar-refractivity contribution is -0.138. The fourth-order valence-electron chi connectivity index (χ4n) is 3.48. The van der Waals surface area contributed by atoms with Gasteiger partial charge >= 0.3 is 0 Å². The molecule has 0 spiro atoms. The number of nitrogens with one attached hydrogen (secondary N) is 1. The highest BCUT2D eigenvalue weighted by Crippen LogP contribution is 2.27. The fraction of sp³-hybridized carbons (Fsp3) is 0.588. The van der Waals surface area contributed by atoms with E-state index in [1.54, 1.807) is 25.1 Å². The first kappa shape index (κ1) is 15.3. The van der Waals surface area contributed by atoms with Gasteiger partial charge in [-0.25, -0.2) is 4.39 Å². The lowest BCUT2D eigenvalue weighted by atomic mass is 9.92. The number of ether oxygens (including phenoxy) is 1. The second-order valence-electron chi connectivity index (χ2n) is 6.27. The number of likely N-dealkylation sites (tertiary alicyclic amines) is 1. The molecule has 0 radical (unpaired) electrons. The average molecular weight is 306 g/mol. The number of carbonyl (C=O) groups is 1. The molecule has 2 aliphatic heterocycles. The van der Waals surface area contributed by atoms with Gasteiger partial charge in [-0.05, 0) is 56.8 Å². The maximum atomic E-state index is 13.6. The topological polar surface area (TPSA) is 41.6 Å². The Morgan fingerprint density at radius 2 is 1.91 bits per heavy atom. The predicted molar refractivity (Wildman–Crippen MR) is 82.2 cm³/mol. The minimum Gasteiger partial charge on any atom is -0.478 e. The number of benzene rings is 1. The zero-order chi connectivity index (χ0) is 15.5. The summed E-state index contributed by atoms with van der Waals surface area (Å²) in [7, 11) is 0. The molecule has 0 aliphatic carbocycles. The molecule has 22 heavy (non-hydrogen) atoms. The van der Waals surface area contributed by atoms with Crippen LogP contribution in [0.25, 0.3) is 0 Å². The van der Waals surface area contributed by atoms with E-state index in [2.05, 4.69) is 5.32 Å². The number of carbonyl (C=O) groups excluding carboxylic acids is 1. The molecular weight excluding hydrogens is 283 g/mol. The van der Waals surface area contributed by atoms with E-state index in [4.69, 9.17) is 4.74 Å². The van der Waals surface area contributed by atoms with E-state index in [0.29, 0.717) is 11.8 Å². The molecule has 1 N–H and O–H groups in total. The van der Waals surface area contributed by atoms with Crippen molar-refractivity contribution >= 4 is 5.91 Å². The molecule has 2 aliphatic rings. The van der Waals surface area contributed by atoms with Crippen LogP contribution in [0.1, 0.15) is 19.8 Å². The molecule has 1 aromatic rings. The van der Waals surface area contributed by atoms with Crippen molar-refractivity contribution in [3.63, 3.8) is 0 Å². The second kappa shape index (κ2) is 6.65. The first-order valence-corrected chi connectivity index (χ1v) is 8.06. The molecule has 1 unspecified atom stereocenters. The Morgan fingerprint density at radius 3 is 2.55 bits per heavy atom. The lowest BCUT2D eigenvalue weighted by Crippen LogP contribution is -2.41. The van der Waals surface area contributed by atoms with Crippen molar-refractivity contribution in [3.8, 4) is 5.75 Å². The van der Waals surface area contributed by atoms with Gasteiger partial charge in [-0.2, -0.15) is 0 Å². The Labute approximate surface area is 130 Å². The molecule has 2 saturated heterocycles. The summed E-state index contributed by atoms with van der Waals surface area (Å²) in [5.41, 5.74) is 0. The number of rotatable bonds is 3. The third-order valence-corrected chi connectivity index (χ3v) is 4.82. The Bertz CT molecular complexity index is 523. The number of hydrogen-bond acceptors (Lipinski definition) is 3. The van der Waals surface area contributed by atoms with E-state index in [1.807, 2.05) is 4.90 Å². The molecule has 3 atom stereocenters. The van der Waals surface area contributed by atoms with Crippen molar-refractivity contribution in [1.29, 1.82) is 0 Å². The summed E-state index contributed by atoms with van der Waals surface area (Å²) in [5, 5.41) is 3.43. The van der Waals surface area contributed by atoms with Gasteiger partial charge in [-0.1, -0.05) is 12.1 Å². The standard InChI is InChI=1S/C17H23FN2O2/c1-12(22-16-5-3-2-4-15(16)18)17(21)20-8-6-13-10-19-11-14(13)7-9-20/h2-5,12-14,19H,6-11H2,1H3/t12?,13-,14+. The molecule has 5 heteroatoms. The van der Waals surface area contributed by atoms with Crippen LogP contribution < -0.4 is 10.1 Å². The van der Waals surface area contributed by atoms with Gasteiger partial charge in [0.2, 0.25) is 0 Å². The maximum Gasteiger partial charge on any atom is 0.263 e. The largest absolute Gasteiger partial charge is 0.478 e. The Morgan fingerprint density at radius 1 is 1.27 bits per heavy atom. The third-order valence-electron chi connectivity index (χ3n) is 4.82. The van der Waals surface area contributed by atoms with Crippen LogP contribution in [0.15, 0.2) is 24.3 Å². The van der Waals surface area contributed by atoms with Gasteiger partial charge in [0, 0.05) is 13.1 Å². The highest BCUT2D eigenvalue weighted by molar-refractivity contribution is 5.81. The summed E-state index contributed by atoms with van der Waals surface area (Å²) in [6.07, 6.45) is 1.42. The molecule has 0 bridgehead atoms. The normalized spacial score (nSPS) is 26.2. The van der Waals surface area contributed by atoms with Crippen molar-refractivity contribution < 1.29 is 13.9 Å². The quantitative estimate of drug-likeness (QED) is 0.929. The number of amides is 1. The van der Waals surface area contributed by atoms with E-state index in [9.17, 15) is 9.18 Å². The number of fused-ring (bicyclic) bond motifs is 1. The van der Waals surface area contributed by atoms with Crippen molar-refractivity contribution in [1.82, 2.24) is 10.2 Å². The molecule has 1 amide bonds. The van der Waals surface area contributed by atoms with E-state index < -0.39 is 11.9 Å².